The Morgan fingerprint density at radius 3 is 2.38 bits per heavy atom. The summed E-state index contributed by atoms with van der Waals surface area (Å²) in [4.78, 5) is 22.8. The average Bonchev–Trinajstić information content (AvgIpc) is 2.52. The predicted octanol–water partition coefficient (Wildman–Crippen LogP) is 2.27. The molecule has 2 aromatic rings. The molecule has 0 bridgehead atoms. The second-order valence-electron chi connectivity index (χ2n) is 4.36. The summed E-state index contributed by atoms with van der Waals surface area (Å²) in [7, 11) is 1.23. The van der Waals surface area contributed by atoms with Gasteiger partial charge in [-0.05, 0) is 35.4 Å². The van der Waals surface area contributed by atoms with Gasteiger partial charge in [0.15, 0.2) is 6.61 Å². The minimum atomic E-state index is -0.602. The molecular weight excluding hydrogens is 270 g/mol. The van der Waals surface area contributed by atoms with Crippen molar-refractivity contribution >= 4 is 17.6 Å². The van der Waals surface area contributed by atoms with Crippen molar-refractivity contribution in [3.63, 3.8) is 0 Å². The van der Waals surface area contributed by atoms with Crippen molar-refractivity contribution in [1.29, 1.82) is 0 Å². The number of carbonyl (C=O) groups is 2. The number of nitrogen functional groups attached to an aromatic ring is 1. The largest absolute Gasteiger partial charge is 0.466 e. The number of hydrogen-bond donors (Lipinski definition) is 1. The molecule has 0 unspecified atom stereocenters. The average molecular weight is 285 g/mol. The molecule has 5 nitrogen and oxygen atoms in total. The number of carbonyl (C=O) groups excluding carboxylic acids is 2. The number of ether oxygens (including phenoxy) is 2. The number of methoxy groups -OCH3 is 1. The summed E-state index contributed by atoms with van der Waals surface area (Å²) in [5.74, 6) is -1.18. The van der Waals surface area contributed by atoms with Crippen LogP contribution in [0, 0.1) is 0 Å². The molecular formula is C16H15NO4. The van der Waals surface area contributed by atoms with Gasteiger partial charge in [0.1, 0.15) is 0 Å². The van der Waals surface area contributed by atoms with Crippen LogP contribution in [0.2, 0.25) is 0 Å². The molecule has 0 fully saturated rings. The molecule has 0 radical (unpaired) electrons. The van der Waals surface area contributed by atoms with Gasteiger partial charge in [-0.25, -0.2) is 9.59 Å². The molecule has 0 saturated heterocycles. The predicted molar refractivity (Wildman–Crippen MR) is 78.6 cm³/mol. The minimum Gasteiger partial charge on any atom is -0.466 e. The Labute approximate surface area is 122 Å². The molecule has 0 spiro atoms. The van der Waals surface area contributed by atoms with Gasteiger partial charge >= 0.3 is 11.9 Å². The zero-order chi connectivity index (χ0) is 15.2. The van der Waals surface area contributed by atoms with Crippen LogP contribution in [-0.4, -0.2) is 25.7 Å². The zero-order valence-electron chi connectivity index (χ0n) is 11.5. The Bertz CT molecular complexity index is 667. The third kappa shape index (κ3) is 3.82. The van der Waals surface area contributed by atoms with Gasteiger partial charge < -0.3 is 15.2 Å². The van der Waals surface area contributed by atoms with Crippen LogP contribution in [-0.2, 0) is 14.3 Å². The number of nitrogens with two attached hydrogens (primary N) is 1. The second kappa shape index (κ2) is 6.56. The molecule has 0 saturated carbocycles. The first-order chi connectivity index (χ1) is 10.1. The van der Waals surface area contributed by atoms with Gasteiger partial charge in [-0.1, -0.05) is 24.3 Å². The van der Waals surface area contributed by atoms with E-state index in [2.05, 4.69) is 4.74 Å². The Hall–Kier alpha value is -2.82. The molecule has 0 aliphatic rings. The van der Waals surface area contributed by atoms with Crippen molar-refractivity contribution in [3.05, 3.63) is 54.1 Å². The lowest BCUT2D eigenvalue weighted by atomic mass is 10.0. The zero-order valence-corrected chi connectivity index (χ0v) is 11.5. The molecule has 108 valence electrons. The van der Waals surface area contributed by atoms with E-state index in [0.29, 0.717) is 11.3 Å². The lowest BCUT2D eigenvalue weighted by Crippen LogP contribution is -2.15. The van der Waals surface area contributed by atoms with Crippen LogP contribution in [0.5, 0.6) is 0 Å². The highest BCUT2D eigenvalue weighted by atomic mass is 16.6. The summed E-state index contributed by atoms with van der Waals surface area (Å²) < 4.78 is 9.27. The molecule has 2 aromatic carbocycles. The molecule has 0 atom stereocenters. The lowest BCUT2D eigenvalue weighted by Gasteiger charge is -2.06. The smallest absolute Gasteiger partial charge is 0.344 e. The van der Waals surface area contributed by atoms with E-state index in [-0.39, 0.29) is 0 Å². The Morgan fingerprint density at radius 2 is 1.71 bits per heavy atom. The summed E-state index contributed by atoms with van der Waals surface area (Å²) in [6.07, 6.45) is 0. The molecule has 5 heteroatoms. The van der Waals surface area contributed by atoms with Crippen molar-refractivity contribution in [2.45, 2.75) is 0 Å². The van der Waals surface area contributed by atoms with E-state index in [4.69, 9.17) is 10.5 Å². The van der Waals surface area contributed by atoms with Crippen LogP contribution in [0.15, 0.2) is 48.5 Å². The second-order valence-corrected chi connectivity index (χ2v) is 4.36. The quantitative estimate of drug-likeness (QED) is 0.688. The monoisotopic (exact) mass is 285 g/mol. The summed E-state index contributed by atoms with van der Waals surface area (Å²) in [6, 6.07) is 14.3. The molecule has 21 heavy (non-hydrogen) atoms. The normalized spacial score (nSPS) is 9.95. The number of esters is 2. The number of rotatable bonds is 4. The van der Waals surface area contributed by atoms with Crippen molar-refractivity contribution in [2.75, 3.05) is 19.5 Å². The van der Waals surface area contributed by atoms with Crippen LogP contribution in [0.25, 0.3) is 11.1 Å². The van der Waals surface area contributed by atoms with Gasteiger partial charge in [-0.15, -0.1) is 0 Å². The SMILES string of the molecule is COC(=O)COC(=O)c1cccc(-c2cccc(N)c2)c1. The van der Waals surface area contributed by atoms with E-state index in [1.807, 2.05) is 24.3 Å². The van der Waals surface area contributed by atoms with E-state index in [1.54, 1.807) is 24.3 Å². The van der Waals surface area contributed by atoms with Gasteiger partial charge in [0.05, 0.1) is 12.7 Å². The molecule has 0 aliphatic heterocycles. The van der Waals surface area contributed by atoms with E-state index in [1.165, 1.54) is 7.11 Å². The van der Waals surface area contributed by atoms with Gasteiger partial charge in [0.25, 0.3) is 0 Å². The summed E-state index contributed by atoms with van der Waals surface area (Å²) in [5, 5.41) is 0. The third-order valence-electron chi connectivity index (χ3n) is 2.87. The molecule has 0 aliphatic carbocycles. The van der Waals surface area contributed by atoms with Crippen LogP contribution in [0.1, 0.15) is 10.4 Å². The van der Waals surface area contributed by atoms with Gasteiger partial charge in [0.2, 0.25) is 0 Å². The molecule has 0 heterocycles. The molecule has 0 amide bonds. The topological polar surface area (TPSA) is 78.6 Å². The molecule has 0 aromatic heterocycles. The van der Waals surface area contributed by atoms with Gasteiger partial charge in [-0.3, -0.25) is 0 Å². The van der Waals surface area contributed by atoms with E-state index in [9.17, 15) is 9.59 Å². The first-order valence-corrected chi connectivity index (χ1v) is 6.30. The van der Waals surface area contributed by atoms with Crippen molar-refractivity contribution in [1.82, 2.24) is 0 Å². The fourth-order valence-corrected chi connectivity index (χ4v) is 1.81. The molecule has 2 rings (SSSR count). The Balaban J connectivity index is 2.18. The maximum absolute atomic E-state index is 11.9. The van der Waals surface area contributed by atoms with Gasteiger partial charge in [0, 0.05) is 5.69 Å². The highest BCUT2D eigenvalue weighted by Crippen LogP contribution is 2.22. The van der Waals surface area contributed by atoms with E-state index in [0.717, 1.165) is 11.1 Å². The number of anilines is 1. The summed E-state index contributed by atoms with van der Waals surface area (Å²) in [5.41, 5.74) is 8.49. The highest BCUT2D eigenvalue weighted by Gasteiger charge is 2.11. The third-order valence-corrected chi connectivity index (χ3v) is 2.87. The first kappa shape index (κ1) is 14.6. The Kier molecular flexibility index (Phi) is 4.56. The lowest BCUT2D eigenvalue weighted by molar-refractivity contribution is -0.144. The van der Waals surface area contributed by atoms with Crippen LogP contribution in [0.4, 0.5) is 5.69 Å². The number of benzene rings is 2. The van der Waals surface area contributed by atoms with Crippen molar-refractivity contribution in [2.24, 2.45) is 0 Å². The summed E-state index contributed by atoms with van der Waals surface area (Å²) in [6.45, 7) is -0.405. The van der Waals surface area contributed by atoms with Crippen molar-refractivity contribution in [3.8, 4) is 11.1 Å². The first-order valence-electron chi connectivity index (χ1n) is 6.30. The van der Waals surface area contributed by atoms with Crippen LogP contribution >= 0.6 is 0 Å². The minimum absolute atomic E-state index is 0.360. The summed E-state index contributed by atoms with van der Waals surface area (Å²) >= 11 is 0. The fourth-order valence-electron chi connectivity index (χ4n) is 1.81. The molecule has 2 N–H and O–H groups in total. The fraction of sp³-hybridized carbons (Fsp3) is 0.125. The van der Waals surface area contributed by atoms with Crippen LogP contribution < -0.4 is 5.73 Å². The van der Waals surface area contributed by atoms with Crippen molar-refractivity contribution < 1.29 is 19.1 Å². The maximum Gasteiger partial charge on any atom is 0.344 e. The number of hydrogen-bond acceptors (Lipinski definition) is 5. The Morgan fingerprint density at radius 1 is 1.05 bits per heavy atom. The highest BCUT2D eigenvalue weighted by molar-refractivity contribution is 5.92. The van der Waals surface area contributed by atoms with Gasteiger partial charge in [-0.2, -0.15) is 0 Å². The van der Waals surface area contributed by atoms with E-state index < -0.39 is 18.5 Å². The van der Waals surface area contributed by atoms with Crippen LogP contribution in [0.3, 0.4) is 0 Å². The standard InChI is InChI=1S/C16H15NO4/c1-20-15(18)10-21-16(19)13-6-2-4-11(8-13)12-5-3-7-14(17)9-12/h2-9H,10,17H2,1H3. The maximum atomic E-state index is 11.9. The van der Waals surface area contributed by atoms with E-state index >= 15 is 0 Å².